The summed E-state index contributed by atoms with van der Waals surface area (Å²) in [4.78, 5) is 12.3. The summed E-state index contributed by atoms with van der Waals surface area (Å²) in [6.07, 6.45) is 1.10. The summed E-state index contributed by atoms with van der Waals surface area (Å²) in [5, 5.41) is 14.5. The molecule has 0 fully saturated rings. The third-order valence-corrected chi connectivity index (χ3v) is 4.99. The molecule has 1 aromatic carbocycles. The third kappa shape index (κ3) is 3.21. The maximum Gasteiger partial charge on any atom is 0.335 e. The first kappa shape index (κ1) is 15.2. The molecule has 2 aromatic rings. The number of hydrogen-bond acceptors (Lipinski definition) is 4. The second kappa shape index (κ2) is 6.60. The average Bonchev–Trinajstić information content (AvgIpc) is 3.01. The molecule has 0 bridgehead atoms. The van der Waals surface area contributed by atoms with Gasteiger partial charge in [-0.3, -0.25) is 0 Å². The molecule has 22 heavy (non-hydrogen) atoms. The van der Waals surface area contributed by atoms with Gasteiger partial charge in [0.15, 0.2) is 0 Å². The maximum atomic E-state index is 10.8. The van der Waals surface area contributed by atoms with Crippen molar-refractivity contribution in [3.05, 3.63) is 57.3 Å². The van der Waals surface area contributed by atoms with Crippen LogP contribution in [-0.2, 0) is 17.7 Å². The fourth-order valence-corrected chi connectivity index (χ4v) is 3.64. The summed E-state index contributed by atoms with van der Waals surface area (Å²) in [5.41, 5.74) is 2.69. The zero-order valence-electron chi connectivity index (χ0n) is 12.4. The van der Waals surface area contributed by atoms with Crippen LogP contribution in [-0.4, -0.2) is 23.7 Å². The van der Waals surface area contributed by atoms with Gasteiger partial charge in [0.25, 0.3) is 0 Å². The molecule has 3 rings (SSSR count). The highest BCUT2D eigenvalue weighted by atomic mass is 32.1. The molecule has 2 N–H and O–H groups in total. The van der Waals surface area contributed by atoms with E-state index in [4.69, 9.17) is 9.84 Å². The Labute approximate surface area is 133 Å². The highest BCUT2D eigenvalue weighted by Crippen LogP contribution is 2.33. The number of ether oxygens (including phenoxy) is 1. The molecule has 0 spiro atoms. The van der Waals surface area contributed by atoms with Gasteiger partial charge in [0.05, 0.1) is 18.3 Å². The summed E-state index contributed by atoms with van der Waals surface area (Å²) in [5.74, 6) is -0.895. The van der Waals surface area contributed by atoms with Crippen molar-refractivity contribution in [2.24, 2.45) is 0 Å². The molecule has 0 saturated carbocycles. The Balaban J connectivity index is 1.61. The standard InChI is InChI=1S/C17H19NO3S/c1-11(16-14-7-9-22-15(14)6-8-21-16)18-10-12-2-4-13(5-3-12)17(19)20/h2-5,7,9,11,16,18H,6,8,10H2,1H3,(H,19,20). The Morgan fingerprint density at radius 1 is 1.41 bits per heavy atom. The number of carboxylic acid groups (broad SMARTS) is 1. The minimum absolute atomic E-state index is 0.0910. The number of nitrogens with one attached hydrogen (secondary N) is 1. The Morgan fingerprint density at radius 3 is 2.91 bits per heavy atom. The van der Waals surface area contributed by atoms with Gasteiger partial charge in [-0.2, -0.15) is 0 Å². The molecule has 0 radical (unpaired) electrons. The van der Waals surface area contributed by atoms with Gasteiger partial charge in [-0.1, -0.05) is 12.1 Å². The fraction of sp³-hybridized carbons (Fsp3) is 0.353. The van der Waals surface area contributed by atoms with Crippen molar-refractivity contribution in [1.29, 1.82) is 0 Å². The monoisotopic (exact) mass is 317 g/mol. The van der Waals surface area contributed by atoms with Gasteiger partial charge in [-0.25, -0.2) is 4.79 Å². The number of fused-ring (bicyclic) bond motifs is 1. The lowest BCUT2D eigenvalue weighted by atomic mass is 10.0. The SMILES string of the molecule is CC(NCc1ccc(C(=O)O)cc1)C1OCCc2sccc21. The normalized spacial score (nSPS) is 18.7. The average molecular weight is 317 g/mol. The van der Waals surface area contributed by atoms with Crippen LogP contribution in [0.2, 0.25) is 0 Å². The highest BCUT2D eigenvalue weighted by Gasteiger charge is 2.26. The molecule has 1 aliphatic heterocycles. The molecule has 2 heterocycles. The number of benzene rings is 1. The Bertz CT molecular complexity index is 650. The second-order valence-corrected chi connectivity index (χ2v) is 6.51. The van der Waals surface area contributed by atoms with Crippen LogP contribution in [0, 0.1) is 0 Å². The summed E-state index contributed by atoms with van der Waals surface area (Å²) in [6, 6.07) is 9.33. The van der Waals surface area contributed by atoms with Crippen LogP contribution in [0.1, 0.15) is 39.4 Å². The predicted molar refractivity (Wildman–Crippen MR) is 86.4 cm³/mol. The van der Waals surface area contributed by atoms with Crippen LogP contribution >= 0.6 is 11.3 Å². The van der Waals surface area contributed by atoms with Crippen LogP contribution in [0.4, 0.5) is 0 Å². The van der Waals surface area contributed by atoms with Gasteiger partial charge < -0.3 is 15.2 Å². The predicted octanol–water partition coefficient (Wildman–Crippen LogP) is 3.24. The number of carbonyl (C=O) groups is 1. The molecule has 0 aliphatic carbocycles. The smallest absolute Gasteiger partial charge is 0.335 e. The van der Waals surface area contributed by atoms with Crippen molar-refractivity contribution < 1.29 is 14.6 Å². The number of thiophene rings is 1. The van der Waals surface area contributed by atoms with Gasteiger partial charge in [-0.05, 0) is 41.6 Å². The molecule has 4 nitrogen and oxygen atoms in total. The van der Waals surface area contributed by atoms with E-state index in [0.717, 1.165) is 18.6 Å². The van der Waals surface area contributed by atoms with Crippen LogP contribution in [0.3, 0.4) is 0 Å². The highest BCUT2D eigenvalue weighted by molar-refractivity contribution is 7.10. The lowest BCUT2D eigenvalue weighted by Gasteiger charge is -2.29. The maximum absolute atomic E-state index is 10.8. The first-order valence-electron chi connectivity index (χ1n) is 7.38. The number of carboxylic acids is 1. The van der Waals surface area contributed by atoms with Crippen molar-refractivity contribution in [3.8, 4) is 0 Å². The fourth-order valence-electron chi connectivity index (χ4n) is 2.74. The van der Waals surface area contributed by atoms with E-state index in [1.54, 1.807) is 23.5 Å². The van der Waals surface area contributed by atoms with Crippen molar-refractivity contribution in [3.63, 3.8) is 0 Å². The van der Waals surface area contributed by atoms with Gasteiger partial charge in [-0.15, -0.1) is 11.3 Å². The summed E-state index contributed by atoms with van der Waals surface area (Å²) < 4.78 is 5.93. The van der Waals surface area contributed by atoms with E-state index < -0.39 is 5.97 Å². The van der Waals surface area contributed by atoms with Crippen molar-refractivity contribution >= 4 is 17.3 Å². The number of rotatable bonds is 5. The zero-order valence-corrected chi connectivity index (χ0v) is 13.2. The van der Waals surface area contributed by atoms with Crippen LogP contribution in [0.15, 0.2) is 35.7 Å². The molecule has 5 heteroatoms. The van der Waals surface area contributed by atoms with Crippen LogP contribution in [0.5, 0.6) is 0 Å². The van der Waals surface area contributed by atoms with Crippen molar-refractivity contribution in [2.45, 2.75) is 32.0 Å². The van der Waals surface area contributed by atoms with E-state index in [-0.39, 0.29) is 12.1 Å². The van der Waals surface area contributed by atoms with E-state index in [2.05, 4.69) is 23.7 Å². The van der Waals surface area contributed by atoms with Gasteiger partial charge in [0.1, 0.15) is 0 Å². The van der Waals surface area contributed by atoms with Gasteiger partial charge >= 0.3 is 5.97 Å². The third-order valence-electron chi connectivity index (χ3n) is 4.00. The van der Waals surface area contributed by atoms with E-state index in [9.17, 15) is 4.79 Å². The van der Waals surface area contributed by atoms with Crippen LogP contribution in [0.25, 0.3) is 0 Å². The molecular formula is C17H19NO3S. The molecule has 116 valence electrons. The summed E-state index contributed by atoms with van der Waals surface area (Å²) in [6.45, 7) is 3.60. The molecular weight excluding hydrogens is 298 g/mol. The molecule has 2 atom stereocenters. The van der Waals surface area contributed by atoms with Crippen molar-refractivity contribution in [1.82, 2.24) is 5.32 Å². The molecule has 0 amide bonds. The Morgan fingerprint density at radius 2 is 2.18 bits per heavy atom. The number of hydrogen-bond donors (Lipinski definition) is 2. The quantitative estimate of drug-likeness (QED) is 0.889. The lowest BCUT2D eigenvalue weighted by Crippen LogP contribution is -2.35. The molecule has 2 unspecified atom stereocenters. The first-order valence-corrected chi connectivity index (χ1v) is 8.26. The summed E-state index contributed by atoms with van der Waals surface area (Å²) in [7, 11) is 0. The second-order valence-electron chi connectivity index (χ2n) is 5.51. The molecule has 1 aliphatic rings. The van der Waals surface area contributed by atoms with E-state index >= 15 is 0 Å². The molecule has 0 saturated heterocycles. The van der Waals surface area contributed by atoms with E-state index in [1.807, 2.05) is 12.1 Å². The van der Waals surface area contributed by atoms with Gasteiger partial charge in [0.2, 0.25) is 0 Å². The minimum Gasteiger partial charge on any atom is -0.478 e. The lowest BCUT2D eigenvalue weighted by molar-refractivity contribution is 0.0205. The number of aromatic carboxylic acids is 1. The molecule has 1 aromatic heterocycles. The zero-order chi connectivity index (χ0) is 15.5. The largest absolute Gasteiger partial charge is 0.478 e. The van der Waals surface area contributed by atoms with Gasteiger partial charge in [0, 0.05) is 23.9 Å². The van der Waals surface area contributed by atoms with Crippen molar-refractivity contribution in [2.75, 3.05) is 6.61 Å². The van der Waals surface area contributed by atoms with E-state index in [0.29, 0.717) is 12.1 Å². The van der Waals surface area contributed by atoms with Crippen LogP contribution < -0.4 is 5.32 Å². The topological polar surface area (TPSA) is 58.6 Å². The first-order chi connectivity index (χ1) is 10.6. The Hall–Kier alpha value is -1.69. The summed E-state index contributed by atoms with van der Waals surface area (Å²) >= 11 is 1.80. The van der Waals surface area contributed by atoms with E-state index in [1.165, 1.54) is 10.4 Å². The Kier molecular flexibility index (Phi) is 4.57. The minimum atomic E-state index is -0.895.